The van der Waals surface area contributed by atoms with Gasteiger partial charge in [-0.1, -0.05) is 0 Å². The molecule has 0 saturated heterocycles. The third kappa shape index (κ3) is 4.67. The smallest absolute Gasteiger partial charge is 0.348 e. The van der Waals surface area contributed by atoms with E-state index in [9.17, 15) is 14.4 Å². The minimum absolute atomic E-state index is 0.155. The maximum atomic E-state index is 12.7. The van der Waals surface area contributed by atoms with Gasteiger partial charge in [-0.2, -0.15) is 5.10 Å². The van der Waals surface area contributed by atoms with Crippen molar-refractivity contribution in [3.8, 4) is 0 Å². The van der Waals surface area contributed by atoms with Gasteiger partial charge >= 0.3 is 11.9 Å². The summed E-state index contributed by atoms with van der Waals surface area (Å²) in [6, 6.07) is 0. The molecule has 0 aliphatic rings. The lowest BCUT2D eigenvalue weighted by Gasteiger charge is -2.10. The Morgan fingerprint density at radius 2 is 2.00 bits per heavy atom. The van der Waals surface area contributed by atoms with Crippen LogP contribution in [0.25, 0.3) is 0 Å². The fourth-order valence-corrected chi connectivity index (χ4v) is 4.14. The van der Waals surface area contributed by atoms with E-state index < -0.39 is 17.8 Å². The number of aryl methyl sites for hydroxylation is 1. The van der Waals surface area contributed by atoms with Crippen LogP contribution < -0.4 is 5.32 Å². The second kappa shape index (κ2) is 8.83. The highest BCUT2D eigenvalue weighted by atomic mass is 127. The van der Waals surface area contributed by atoms with Crippen LogP contribution in [0.3, 0.4) is 0 Å². The molecule has 146 valence electrons. The summed E-state index contributed by atoms with van der Waals surface area (Å²) < 4.78 is 12.4. The van der Waals surface area contributed by atoms with Gasteiger partial charge in [-0.25, -0.2) is 9.59 Å². The van der Waals surface area contributed by atoms with Gasteiger partial charge in [-0.15, -0.1) is 11.3 Å². The number of hydrogen-bond donors (Lipinski definition) is 1. The van der Waals surface area contributed by atoms with Gasteiger partial charge in [0.1, 0.15) is 15.6 Å². The molecule has 8 nitrogen and oxygen atoms in total. The maximum absolute atomic E-state index is 12.7. The van der Waals surface area contributed by atoms with E-state index in [1.807, 2.05) is 22.6 Å². The number of aromatic nitrogens is 2. The normalized spacial score (nSPS) is 10.8. The number of carbonyl (C=O) groups is 3. The summed E-state index contributed by atoms with van der Waals surface area (Å²) >= 11 is 2.99. The number of anilines is 1. The number of thiophene rings is 1. The third-order valence-electron chi connectivity index (χ3n) is 3.49. The Kier molecular flexibility index (Phi) is 6.98. The summed E-state index contributed by atoms with van der Waals surface area (Å²) in [6.07, 6.45) is 1.22. The van der Waals surface area contributed by atoms with Crippen molar-refractivity contribution in [2.24, 2.45) is 7.05 Å². The fraction of sp³-hybridized carbons (Fsp3) is 0.412. The Hall–Kier alpha value is -1.95. The van der Waals surface area contributed by atoms with Gasteiger partial charge in [-0.05, 0) is 55.8 Å². The first-order chi connectivity index (χ1) is 12.7. The quantitative estimate of drug-likeness (QED) is 0.478. The molecule has 1 N–H and O–H groups in total. The first kappa shape index (κ1) is 21.4. The molecule has 2 aromatic rings. The predicted octanol–water partition coefficient (Wildman–Crippen LogP) is 3.39. The van der Waals surface area contributed by atoms with E-state index in [1.165, 1.54) is 4.68 Å². The van der Waals surface area contributed by atoms with Crippen molar-refractivity contribution in [3.63, 3.8) is 0 Å². The first-order valence-corrected chi connectivity index (χ1v) is 10.1. The SMILES string of the molecule is CCOC(=O)c1sc(NC(=O)c2c(I)cnn2C)c(C(=O)OC(C)C)c1C. The number of nitrogens with zero attached hydrogens (tertiary/aromatic N) is 2. The van der Waals surface area contributed by atoms with Crippen LogP contribution >= 0.6 is 33.9 Å². The molecule has 2 aromatic heterocycles. The average Bonchev–Trinajstić information content (AvgIpc) is 3.06. The van der Waals surface area contributed by atoms with Gasteiger partial charge in [0.05, 0.1) is 28.0 Å². The number of amides is 1. The molecule has 0 atom stereocenters. The van der Waals surface area contributed by atoms with Gasteiger partial charge in [-0.3, -0.25) is 9.48 Å². The zero-order valence-corrected chi connectivity index (χ0v) is 18.6. The van der Waals surface area contributed by atoms with Gasteiger partial charge < -0.3 is 14.8 Å². The van der Waals surface area contributed by atoms with Crippen molar-refractivity contribution < 1.29 is 23.9 Å². The zero-order chi connectivity index (χ0) is 20.3. The second-order valence-electron chi connectivity index (χ2n) is 5.85. The number of ether oxygens (including phenoxy) is 2. The van der Waals surface area contributed by atoms with E-state index in [-0.39, 0.29) is 28.2 Å². The molecule has 0 radical (unpaired) electrons. The number of nitrogens with one attached hydrogen (secondary N) is 1. The van der Waals surface area contributed by atoms with Crippen molar-refractivity contribution in [1.29, 1.82) is 0 Å². The lowest BCUT2D eigenvalue weighted by atomic mass is 10.1. The van der Waals surface area contributed by atoms with Gasteiger partial charge in [0.2, 0.25) is 0 Å². The van der Waals surface area contributed by atoms with Crippen LogP contribution in [0.4, 0.5) is 5.00 Å². The summed E-state index contributed by atoms with van der Waals surface area (Å²) in [4.78, 5) is 37.7. The Morgan fingerprint density at radius 1 is 1.33 bits per heavy atom. The van der Waals surface area contributed by atoms with Crippen molar-refractivity contribution in [1.82, 2.24) is 9.78 Å². The highest BCUT2D eigenvalue weighted by Crippen LogP contribution is 2.35. The van der Waals surface area contributed by atoms with Crippen molar-refractivity contribution in [2.75, 3.05) is 11.9 Å². The third-order valence-corrected chi connectivity index (χ3v) is 5.47. The Balaban J connectivity index is 2.47. The molecule has 2 rings (SSSR count). The monoisotopic (exact) mass is 505 g/mol. The lowest BCUT2D eigenvalue weighted by molar-refractivity contribution is 0.0379. The minimum atomic E-state index is -0.607. The highest BCUT2D eigenvalue weighted by molar-refractivity contribution is 14.1. The Bertz CT molecular complexity index is 868. The van der Waals surface area contributed by atoms with E-state index in [1.54, 1.807) is 40.9 Å². The van der Waals surface area contributed by atoms with E-state index in [0.29, 0.717) is 14.8 Å². The predicted molar refractivity (Wildman–Crippen MR) is 109 cm³/mol. The van der Waals surface area contributed by atoms with Crippen LogP contribution in [0.15, 0.2) is 6.20 Å². The van der Waals surface area contributed by atoms with Gasteiger partial charge in [0.15, 0.2) is 0 Å². The van der Waals surface area contributed by atoms with E-state index >= 15 is 0 Å². The van der Waals surface area contributed by atoms with Crippen LogP contribution in [-0.4, -0.2) is 40.3 Å². The summed E-state index contributed by atoms with van der Waals surface area (Å²) in [5.41, 5.74) is 0.920. The molecule has 0 spiro atoms. The molecule has 0 aromatic carbocycles. The fourth-order valence-electron chi connectivity index (χ4n) is 2.34. The van der Waals surface area contributed by atoms with Crippen LogP contribution in [0.1, 0.15) is 56.9 Å². The molecule has 0 aliphatic heterocycles. The number of rotatable bonds is 6. The number of hydrogen-bond acceptors (Lipinski definition) is 7. The molecule has 0 unspecified atom stereocenters. The maximum Gasteiger partial charge on any atom is 0.348 e. The van der Waals surface area contributed by atoms with Gasteiger partial charge in [0, 0.05) is 7.05 Å². The standard InChI is InChI=1S/C17H20IN3O5S/c1-6-25-17(24)13-9(4)11(16(23)26-8(2)3)15(27-13)20-14(22)12-10(18)7-19-21(12)5/h7-8H,6H2,1-5H3,(H,20,22). The number of esters is 2. The zero-order valence-electron chi connectivity index (χ0n) is 15.6. The molecule has 1 amide bonds. The first-order valence-electron chi connectivity index (χ1n) is 8.17. The highest BCUT2D eigenvalue weighted by Gasteiger charge is 2.29. The molecule has 0 saturated carbocycles. The average molecular weight is 505 g/mol. The van der Waals surface area contributed by atoms with E-state index in [2.05, 4.69) is 10.4 Å². The van der Waals surface area contributed by atoms with Crippen LogP contribution in [0.5, 0.6) is 0 Å². The molecule has 0 aliphatic carbocycles. The Morgan fingerprint density at radius 3 is 2.52 bits per heavy atom. The molecule has 27 heavy (non-hydrogen) atoms. The molecule has 0 fully saturated rings. The van der Waals surface area contributed by atoms with Crippen LogP contribution in [-0.2, 0) is 16.5 Å². The van der Waals surface area contributed by atoms with Crippen LogP contribution in [0.2, 0.25) is 0 Å². The van der Waals surface area contributed by atoms with Crippen molar-refractivity contribution in [2.45, 2.75) is 33.8 Å². The van der Waals surface area contributed by atoms with E-state index in [0.717, 1.165) is 11.3 Å². The summed E-state index contributed by atoms with van der Waals surface area (Å²) in [7, 11) is 1.65. The Labute approximate surface area is 174 Å². The largest absolute Gasteiger partial charge is 0.462 e. The van der Waals surface area contributed by atoms with Gasteiger partial charge in [0.25, 0.3) is 5.91 Å². The number of halogens is 1. The van der Waals surface area contributed by atoms with Crippen molar-refractivity contribution in [3.05, 3.63) is 31.5 Å². The molecule has 10 heteroatoms. The molecule has 2 heterocycles. The molecular formula is C17H20IN3O5S. The lowest BCUT2D eigenvalue weighted by Crippen LogP contribution is -2.19. The number of carbonyl (C=O) groups excluding carboxylic acids is 3. The summed E-state index contributed by atoms with van der Waals surface area (Å²) in [5, 5.41) is 6.99. The molecule has 0 bridgehead atoms. The summed E-state index contributed by atoms with van der Waals surface area (Å²) in [6.45, 7) is 6.98. The minimum Gasteiger partial charge on any atom is -0.462 e. The van der Waals surface area contributed by atoms with Crippen molar-refractivity contribution >= 4 is 56.8 Å². The van der Waals surface area contributed by atoms with Crippen LogP contribution in [0, 0.1) is 10.5 Å². The summed E-state index contributed by atoms with van der Waals surface area (Å²) in [5.74, 6) is -1.59. The second-order valence-corrected chi connectivity index (χ2v) is 8.04. The van der Waals surface area contributed by atoms with E-state index in [4.69, 9.17) is 9.47 Å². The molecular weight excluding hydrogens is 485 g/mol. The topological polar surface area (TPSA) is 99.5 Å².